The first-order valence-corrected chi connectivity index (χ1v) is 17.4. The molecule has 10 aromatic rings. The molecule has 8 aromatic carbocycles. The van der Waals surface area contributed by atoms with Crippen molar-refractivity contribution in [3.8, 4) is 27.9 Å². The number of anilines is 3. The lowest BCUT2D eigenvalue weighted by atomic mass is 10.0. The highest BCUT2D eigenvalue weighted by Crippen LogP contribution is 2.43. The number of aromatic nitrogens is 1. The van der Waals surface area contributed by atoms with Crippen molar-refractivity contribution in [2.24, 2.45) is 0 Å². The van der Waals surface area contributed by atoms with Crippen LogP contribution in [0.4, 0.5) is 17.1 Å². The van der Waals surface area contributed by atoms with Crippen LogP contribution in [-0.2, 0) is 0 Å². The number of hydrogen-bond donors (Lipinski definition) is 0. The van der Waals surface area contributed by atoms with Crippen LogP contribution in [0.15, 0.2) is 199 Å². The zero-order valence-electron chi connectivity index (χ0n) is 27.8. The van der Waals surface area contributed by atoms with Crippen LogP contribution in [-0.4, -0.2) is 4.57 Å². The van der Waals surface area contributed by atoms with Gasteiger partial charge in [0.1, 0.15) is 11.1 Å². The normalized spacial score (nSPS) is 11.5. The second-order valence-corrected chi connectivity index (χ2v) is 13.0. The van der Waals surface area contributed by atoms with Gasteiger partial charge in [0.2, 0.25) is 0 Å². The minimum Gasteiger partial charge on any atom is -0.453 e. The summed E-state index contributed by atoms with van der Waals surface area (Å²) in [6.45, 7) is 0. The third kappa shape index (κ3) is 4.90. The predicted molar refractivity (Wildman–Crippen MR) is 214 cm³/mol. The molecule has 0 saturated heterocycles. The van der Waals surface area contributed by atoms with Gasteiger partial charge >= 0.3 is 0 Å². The van der Waals surface area contributed by atoms with Crippen LogP contribution in [0.2, 0.25) is 0 Å². The largest absolute Gasteiger partial charge is 0.453 e. The van der Waals surface area contributed by atoms with Crippen LogP contribution < -0.4 is 4.90 Å². The Hall–Kier alpha value is -6.84. The monoisotopic (exact) mass is 652 g/mol. The second-order valence-electron chi connectivity index (χ2n) is 13.0. The molecule has 0 bridgehead atoms. The van der Waals surface area contributed by atoms with E-state index in [1.807, 2.05) is 0 Å². The third-order valence-electron chi connectivity index (χ3n) is 9.98. The Morgan fingerprint density at radius 2 is 0.980 bits per heavy atom. The van der Waals surface area contributed by atoms with Crippen molar-refractivity contribution >= 4 is 60.8 Å². The van der Waals surface area contributed by atoms with Gasteiger partial charge in [-0.2, -0.15) is 0 Å². The summed E-state index contributed by atoms with van der Waals surface area (Å²) in [5.74, 6) is 0. The molecule has 0 saturated carbocycles. The van der Waals surface area contributed by atoms with Crippen molar-refractivity contribution in [3.05, 3.63) is 194 Å². The molecule has 10 rings (SSSR count). The van der Waals surface area contributed by atoms with Crippen LogP contribution >= 0.6 is 0 Å². The molecule has 0 aliphatic carbocycles. The molecule has 3 nitrogen and oxygen atoms in total. The Bertz CT molecular complexity index is 2830. The number of furan rings is 1. The Balaban J connectivity index is 1.05. The lowest BCUT2D eigenvalue weighted by Gasteiger charge is -2.26. The van der Waals surface area contributed by atoms with Crippen molar-refractivity contribution < 1.29 is 4.42 Å². The first kappa shape index (κ1) is 29.1. The van der Waals surface area contributed by atoms with Crippen molar-refractivity contribution in [2.45, 2.75) is 0 Å². The summed E-state index contributed by atoms with van der Waals surface area (Å²) < 4.78 is 9.14. The molecule has 0 atom stereocenters. The van der Waals surface area contributed by atoms with E-state index in [1.165, 1.54) is 21.9 Å². The van der Waals surface area contributed by atoms with E-state index in [0.717, 1.165) is 66.8 Å². The lowest BCUT2D eigenvalue weighted by molar-refractivity contribution is 0.674. The molecule has 0 aliphatic rings. The summed E-state index contributed by atoms with van der Waals surface area (Å²) >= 11 is 0. The van der Waals surface area contributed by atoms with Crippen LogP contribution in [0.3, 0.4) is 0 Å². The van der Waals surface area contributed by atoms with Crippen molar-refractivity contribution in [2.75, 3.05) is 4.90 Å². The molecule has 0 N–H and O–H groups in total. The van der Waals surface area contributed by atoms with Gasteiger partial charge in [0.15, 0.2) is 5.58 Å². The molecule has 2 heterocycles. The summed E-state index contributed by atoms with van der Waals surface area (Å²) in [6.07, 6.45) is 0. The van der Waals surface area contributed by atoms with Crippen LogP contribution in [0.5, 0.6) is 0 Å². The van der Waals surface area contributed by atoms with Gasteiger partial charge in [-0.1, -0.05) is 121 Å². The zero-order valence-corrected chi connectivity index (χ0v) is 27.8. The van der Waals surface area contributed by atoms with Gasteiger partial charge < -0.3 is 13.9 Å². The summed E-state index contributed by atoms with van der Waals surface area (Å²) in [6, 6.07) is 69.0. The van der Waals surface area contributed by atoms with E-state index in [9.17, 15) is 0 Å². The average Bonchev–Trinajstić information content (AvgIpc) is 3.74. The first-order chi connectivity index (χ1) is 25.3. The van der Waals surface area contributed by atoms with Crippen LogP contribution in [0.25, 0.3) is 71.7 Å². The topological polar surface area (TPSA) is 21.3 Å². The molecule has 51 heavy (non-hydrogen) atoms. The summed E-state index contributed by atoms with van der Waals surface area (Å²) in [7, 11) is 0. The van der Waals surface area contributed by atoms with Crippen molar-refractivity contribution in [1.29, 1.82) is 0 Å². The van der Waals surface area contributed by atoms with E-state index in [4.69, 9.17) is 4.42 Å². The molecular formula is C48H32N2O. The lowest BCUT2D eigenvalue weighted by Crippen LogP contribution is -2.09. The minimum absolute atomic E-state index is 0.898. The Morgan fingerprint density at radius 1 is 0.392 bits per heavy atom. The van der Waals surface area contributed by atoms with Crippen molar-refractivity contribution in [3.63, 3.8) is 0 Å². The highest BCUT2D eigenvalue weighted by atomic mass is 16.3. The Morgan fingerprint density at radius 3 is 1.75 bits per heavy atom. The molecular weight excluding hydrogens is 621 g/mol. The van der Waals surface area contributed by atoms with Gasteiger partial charge in [0, 0.05) is 39.1 Å². The number of fused-ring (bicyclic) bond motifs is 6. The Kier molecular flexibility index (Phi) is 6.81. The fourth-order valence-electron chi connectivity index (χ4n) is 7.55. The summed E-state index contributed by atoms with van der Waals surface area (Å²) in [4.78, 5) is 2.31. The third-order valence-corrected chi connectivity index (χ3v) is 9.98. The molecule has 0 unspecified atom stereocenters. The molecule has 0 radical (unpaired) electrons. The predicted octanol–water partition coefficient (Wildman–Crippen LogP) is 13.5. The van der Waals surface area contributed by atoms with Crippen LogP contribution in [0, 0.1) is 0 Å². The molecule has 0 amide bonds. The molecule has 0 fully saturated rings. The number of rotatable bonds is 6. The fourth-order valence-corrected chi connectivity index (χ4v) is 7.55. The maximum Gasteiger partial charge on any atom is 0.161 e. The minimum atomic E-state index is 0.898. The molecule has 2 aromatic heterocycles. The number of hydrogen-bond acceptors (Lipinski definition) is 2. The van der Waals surface area contributed by atoms with E-state index in [2.05, 4.69) is 204 Å². The molecule has 0 aliphatic heterocycles. The van der Waals surface area contributed by atoms with Crippen molar-refractivity contribution in [1.82, 2.24) is 4.57 Å². The van der Waals surface area contributed by atoms with Gasteiger partial charge in [-0.15, -0.1) is 0 Å². The van der Waals surface area contributed by atoms with E-state index in [0.29, 0.717) is 0 Å². The zero-order chi connectivity index (χ0) is 33.7. The fraction of sp³-hybridized carbons (Fsp3) is 0. The Labute approximate surface area is 295 Å². The van der Waals surface area contributed by atoms with Gasteiger partial charge in [-0.25, -0.2) is 0 Å². The van der Waals surface area contributed by atoms with E-state index in [-0.39, 0.29) is 0 Å². The quantitative estimate of drug-likeness (QED) is 0.178. The van der Waals surface area contributed by atoms with E-state index < -0.39 is 0 Å². The molecule has 240 valence electrons. The maximum atomic E-state index is 6.81. The smallest absolute Gasteiger partial charge is 0.161 e. The molecule has 3 heteroatoms. The highest BCUT2D eigenvalue weighted by molar-refractivity contribution is 6.18. The van der Waals surface area contributed by atoms with Gasteiger partial charge in [0.05, 0.1) is 5.52 Å². The van der Waals surface area contributed by atoms with Gasteiger partial charge in [-0.05, 0) is 100 Å². The number of nitrogens with zero attached hydrogens (tertiary/aromatic N) is 2. The summed E-state index contributed by atoms with van der Waals surface area (Å²) in [5.41, 5.74) is 13.0. The summed E-state index contributed by atoms with van der Waals surface area (Å²) in [5, 5.41) is 4.71. The highest BCUT2D eigenvalue weighted by Gasteiger charge is 2.21. The second kappa shape index (κ2) is 11.9. The van der Waals surface area contributed by atoms with Crippen LogP contribution in [0.1, 0.15) is 0 Å². The van der Waals surface area contributed by atoms with Gasteiger partial charge in [-0.3, -0.25) is 0 Å². The average molecular weight is 653 g/mol. The first-order valence-electron chi connectivity index (χ1n) is 17.4. The SMILES string of the molecule is c1ccc(N(c2ccc(-c3ccc4ccccc4c3)cc2)c2ccc(-c3cccc4c3oc3c5ccccc5n(-c5ccccc5)c43)cc2)cc1. The van der Waals surface area contributed by atoms with Gasteiger partial charge in [0.25, 0.3) is 0 Å². The standard InChI is InChI=1S/C48H32N2O/c1-3-14-38(15-4-1)49(40-28-24-34(25-29-40)37-23-22-33-12-7-8-13-36(33)32-37)41-30-26-35(27-31-41)42-19-11-20-44-46-48(51-47(42)44)43-18-9-10-21-45(43)50(46)39-16-5-2-6-17-39/h1-32H. The molecule has 0 spiro atoms. The maximum absolute atomic E-state index is 6.81. The number of para-hydroxylation sites is 4. The van der Waals surface area contributed by atoms with E-state index in [1.54, 1.807) is 0 Å². The number of benzene rings is 8. The van der Waals surface area contributed by atoms with E-state index >= 15 is 0 Å².